The van der Waals surface area contributed by atoms with E-state index in [2.05, 4.69) is 50.9 Å². The quantitative estimate of drug-likeness (QED) is 0.920. The van der Waals surface area contributed by atoms with E-state index in [-0.39, 0.29) is 0 Å². The second kappa shape index (κ2) is 5.61. The van der Waals surface area contributed by atoms with Crippen molar-refractivity contribution in [3.63, 3.8) is 0 Å². The van der Waals surface area contributed by atoms with Gasteiger partial charge in [0.2, 0.25) is 0 Å². The number of rotatable bonds is 5. The molecule has 2 heterocycles. The predicted molar refractivity (Wildman–Crippen MR) is 70.5 cm³/mol. The zero-order chi connectivity index (χ0) is 11.4. The first-order valence-corrected chi connectivity index (χ1v) is 6.90. The highest BCUT2D eigenvalue weighted by Gasteiger charge is 1.99. The van der Waals surface area contributed by atoms with Crippen LogP contribution in [0.15, 0.2) is 27.6 Å². The summed E-state index contributed by atoms with van der Waals surface area (Å²) in [6, 6.07) is 2.15. The molecule has 0 bridgehead atoms. The number of nitrogens with one attached hydrogen (secondary N) is 1. The molecule has 3 nitrogen and oxygen atoms in total. The van der Waals surface area contributed by atoms with Crippen molar-refractivity contribution >= 4 is 27.3 Å². The molecule has 86 valence electrons. The molecule has 0 fully saturated rings. The van der Waals surface area contributed by atoms with Crippen LogP contribution < -0.4 is 5.32 Å². The van der Waals surface area contributed by atoms with E-state index in [1.807, 2.05) is 10.9 Å². The topological polar surface area (TPSA) is 29.9 Å². The SMILES string of the molecule is CCn1cc(CNCc2csc(Br)c2)cn1. The van der Waals surface area contributed by atoms with Crippen LogP contribution in [0, 0.1) is 0 Å². The third-order valence-electron chi connectivity index (χ3n) is 2.29. The predicted octanol–water partition coefficient (Wildman–Crippen LogP) is 3.02. The minimum Gasteiger partial charge on any atom is -0.308 e. The van der Waals surface area contributed by atoms with Gasteiger partial charge in [-0.15, -0.1) is 11.3 Å². The standard InChI is InChI=1S/C11H14BrN3S/c1-2-15-7-10(6-14-15)5-13-4-9-3-11(12)16-8-9/h3,6-8,13H,2,4-5H2,1H3. The summed E-state index contributed by atoms with van der Waals surface area (Å²) in [6.07, 6.45) is 4.00. The minimum absolute atomic E-state index is 0.869. The maximum absolute atomic E-state index is 4.24. The van der Waals surface area contributed by atoms with Gasteiger partial charge in [-0.05, 0) is 39.9 Å². The molecule has 2 aromatic heterocycles. The summed E-state index contributed by atoms with van der Waals surface area (Å²) in [5.41, 5.74) is 2.55. The molecule has 0 saturated carbocycles. The number of thiophene rings is 1. The van der Waals surface area contributed by atoms with Gasteiger partial charge >= 0.3 is 0 Å². The highest BCUT2D eigenvalue weighted by molar-refractivity contribution is 9.11. The third-order valence-corrected chi connectivity index (χ3v) is 3.84. The third kappa shape index (κ3) is 3.17. The van der Waals surface area contributed by atoms with Crippen molar-refractivity contribution < 1.29 is 0 Å². The number of halogens is 1. The zero-order valence-corrected chi connectivity index (χ0v) is 11.5. The maximum atomic E-state index is 4.24. The normalized spacial score (nSPS) is 10.9. The van der Waals surface area contributed by atoms with Gasteiger partial charge in [0.25, 0.3) is 0 Å². The fourth-order valence-corrected chi connectivity index (χ4v) is 2.67. The number of nitrogens with zero attached hydrogens (tertiary/aromatic N) is 2. The molecule has 0 radical (unpaired) electrons. The second-order valence-electron chi connectivity index (χ2n) is 3.57. The van der Waals surface area contributed by atoms with Gasteiger partial charge in [0.15, 0.2) is 0 Å². The summed E-state index contributed by atoms with van der Waals surface area (Å²) in [5.74, 6) is 0. The van der Waals surface area contributed by atoms with Gasteiger partial charge in [0.1, 0.15) is 0 Å². The van der Waals surface area contributed by atoms with Crippen LogP contribution in [0.5, 0.6) is 0 Å². The van der Waals surface area contributed by atoms with Crippen molar-refractivity contribution in [3.8, 4) is 0 Å². The van der Waals surface area contributed by atoms with E-state index in [0.717, 1.165) is 19.6 Å². The number of aromatic nitrogens is 2. The molecule has 2 rings (SSSR count). The van der Waals surface area contributed by atoms with Gasteiger partial charge in [-0.25, -0.2) is 0 Å². The van der Waals surface area contributed by atoms with Gasteiger partial charge in [-0.3, -0.25) is 4.68 Å². The van der Waals surface area contributed by atoms with E-state index in [9.17, 15) is 0 Å². The average molecular weight is 300 g/mol. The van der Waals surface area contributed by atoms with Crippen molar-refractivity contribution in [2.45, 2.75) is 26.6 Å². The molecule has 0 aromatic carbocycles. The Labute approximate surface area is 108 Å². The summed E-state index contributed by atoms with van der Waals surface area (Å²) < 4.78 is 3.13. The Morgan fingerprint density at radius 3 is 2.88 bits per heavy atom. The lowest BCUT2D eigenvalue weighted by atomic mass is 10.3. The second-order valence-corrected chi connectivity index (χ2v) is 5.86. The van der Waals surface area contributed by atoms with Crippen molar-refractivity contribution in [1.82, 2.24) is 15.1 Å². The van der Waals surface area contributed by atoms with E-state index in [1.165, 1.54) is 14.9 Å². The molecular formula is C11H14BrN3S. The van der Waals surface area contributed by atoms with E-state index < -0.39 is 0 Å². The molecule has 0 saturated heterocycles. The number of aryl methyl sites for hydroxylation is 1. The maximum Gasteiger partial charge on any atom is 0.0701 e. The van der Waals surface area contributed by atoms with Crippen LogP contribution in [-0.2, 0) is 19.6 Å². The first-order chi connectivity index (χ1) is 7.78. The Kier molecular flexibility index (Phi) is 4.15. The lowest BCUT2D eigenvalue weighted by Gasteiger charge is -2.00. The van der Waals surface area contributed by atoms with Gasteiger partial charge < -0.3 is 5.32 Å². The van der Waals surface area contributed by atoms with Crippen LogP contribution in [0.4, 0.5) is 0 Å². The molecular weight excluding hydrogens is 286 g/mol. The van der Waals surface area contributed by atoms with E-state index in [0.29, 0.717) is 0 Å². The molecule has 0 aliphatic heterocycles. The van der Waals surface area contributed by atoms with Crippen LogP contribution in [0.25, 0.3) is 0 Å². The van der Waals surface area contributed by atoms with Crippen molar-refractivity contribution in [2.24, 2.45) is 0 Å². The molecule has 0 amide bonds. The molecule has 0 aliphatic rings. The lowest BCUT2D eigenvalue weighted by Crippen LogP contribution is -2.11. The monoisotopic (exact) mass is 299 g/mol. The van der Waals surface area contributed by atoms with Crippen LogP contribution in [0.1, 0.15) is 18.1 Å². The highest BCUT2D eigenvalue weighted by Crippen LogP contribution is 2.20. The summed E-state index contributed by atoms with van der Waals surface area (Å²) in [6.45, 7) is 4.79. The van der Waals surface area contributed by atoms with Crippen molar-refractivity contribution in [2.75, 3.05) is 0 Å². The first-order valence-electron chi connectivity index (χ1n) is 5.23. The van der Waals surface area contributed by atoms with Gasteiger partial charge in [0.05, 0.1) is 9.98 Å². The molecule has 16 heavy (non-hydrogen) atoms. The average Bonchev–Trinajstić information content (AvgIpc) is 2.88. The summed E-state index contributed by atoms with van der Waals surface area (Å²) in [5, 5.41) is 9.80. The van der Waals surface area contributed by atoms with Gasteiger partial charge in [0, 0.05) is 31.4 Å². The zero-order valence-electron chi connectivity index (χ0n) is 9.11. The Balaban J connectivity index is 1.79. The van der Waals surface area contributed by atoms with E-state index in [4.69, 9.17) is 0 Å². The first kappa shape index (κ1) is 11.8. The van der Waals surface area contributed by atoms with Crippen LogP contribution >= 0.6 is 27.3 Å². The highest BCUT2D eigenvalue weighted by atomic mass is 79.9. The smallest absolute Gasteiger partial charge is 0.0701 e. The number of hydrogen-bond donors (Lipinski definition) is 1. The molecule has 0 unspecified atom stereocenters. The van der Waals surface area contributed by atoms with E-state index in [1.54, 1.807) is 11.3 Å². The minimum atomic E-state index is 0.869. The summed E-state index contributed by atoms with van der Waals surface area (Å²) in [4.78, 5) is 0. The Bertz CT molecular complexity index is 450. The molecule has 0 atom stereocenters. The van der Waals surface area contributed by atoms with Crippen LogP contribution in [0.3, 0.4) is 0 Å². The Hall–Kier alpha value is -0.650. The van der Waals surface area contributed by atoms with Crippen molar-refractivity contribution in [3.05, 3.63) is 38.8 Å². The Morgan fingerprint density at radius 2 is 2.25 bits per heavy atom. The molecule has 5 heteroatoms. The van der Waals surface area contributed by atoms with Crippen molar-refractivity contribution in [1.29, 1.82) is 0 Å². The van der Waals surface area contributed by atoms with E-state index >= 15 is 0 Å². The largest absolute Gasteiger partial charge is 0.308 e. The fraction of sp³-hybridized carbons (Fsp3) is 0.364. The fourth-order valence-electron chi connectivity index (χ4n) is 1.46. The van der Waals surface area contributed by atoms with Gasteiger partial charge in [-0.2, -0.15) is 5.10 Å². The van der Waals surface area contributed by atoms with Gasteiger partial charge in [-0.1, -0.05) is 0 Å². The summed E-state index contributed by atoms with van der Waals surface area (Å²) >= 11 is 5.18. The molecule has 2 aromatic rings. The summed E-state index contributed by atoms with van der Waals surface area (Å²) in [7, 11) is 0. The Morgan fingerprint density at radius 1 is 1.44 bits per heavy atom. The molecule has 1 N–H and O–H groups in total. The molecule has 0 spiro atoms. The molecule has 0 aliphatic carbocycles. The lowest BCUT2D eigenvalue weighted by molar-refractivity contribution is 0.655. The number of hydrogen-bond acceptors (Lipinski definition) is 3. The van der Waals surface area contributed by atoms with Crippen LogP contribution in [-0.4, -0.2) is 9.78 Å². The van der Waals surface area contributed by atoms with Crippen LogP contribution in [0.2, 0.25) is 0 Å².